The van der Waals surface area contributed by atoms with Crippen LogP contribution in [0.15, 0.2) is 30.5 Å². The number of morpholine rings is 1. The van der Waals surface area contributed by atoms with Crippen molar-refractivity contribution in [2.75, 3.05) is 33.4 Å². The maximum absolute atomic E-state index is 12.8. The lowest BCUT2D eigenvalue weighted by atomic mass is 10.0. The Hall–Kier alpha value is -2.38. The third-order valence-electron chi connectivity index (χ3n) is 4.50. The molecule has 2 heterocycles. The number of hydrogen-bond acceptors (Lipinski definition) is 5. The molecule has 1 amide bonds. The van der Waals surface area contributed by atoms with E-state index in [-0.39, 0.29) is 23.5 Å². The average Bonchev–Trinajstić information content (AvgIpc) is 3.03. The first-order chi connectivity index (χ1) is 12.5. The van der Waals surface area contributed by atoms with Gasteiger partial charge in [0, 0.05) is 20.2 Å². The minimum Gasteiger partial charge on any atom is -0.504 e. The van der Waals surface area contributed by atoms with Crippen molar-refractivity contribution >= 4 is 5.91 Å². The minimum atomic E-state index is -0.301. The van der Waals surface area contributed by atoms with E-state index < -0.39 is 0 Å². The monoisotopic (exact) mass is 359 g/mol. The number of methoxy groups -OCH3 is 1. The molecule has 0 spiro atoms. The molecule has 0 aliphatic carbocycles. The fraction of sp³-hybridized carbons (Fsp3) is 0.474. The van der Waals surface area contributed by atoms with Crippen molar-refractivity contribution < 1.29 is 19.4 Å². The summed E-state index contributed by atoms with van der Waals surface area (Å²) in [6.07, 6.45) is 1.30. The summed E-state index contributed by atoms with van der Waals surface area (Å²) in [5.41, 5.74) is 2.07. The van der Waals surface area contributed by atoms with E-state index in [4.69, 9.17) is 9.47 Å². The number of benzene rings is 1. The molecule has 140 valence electrons. The Labute approximate surface area is 153 Å². The van der Waals surface area contributed by atoms with E-state index in [1.54, 1.807) is 12.0 Å². The zero-order valence-corrected chi connectivity index (χ0v) is 15.4. The van der Waals surface area contributed by atoms with Crippen LogP contribution in [-0.2, 0) is 9.47 Å². The summed E-state index contributed by atoms with van der Waals surface area (Å²) < 4.78 is 12.2. The van der Waals surface area contributed by atoms with E-state index in [2.05, 4.69) is 18.9 Å². The molecule has 1 saturated heterocycles. The van der Waals surface area contributed by atoms with Crippen molar-refractivity contribution in [3.63, 3.8) is 0 Å². The van der Waals surface area contributed by atoms with Crippen LogP contribution in [0, 0.1) is 0 Å². The fourth-order valence-electron chi connectivity index (χ4n) is 3.00. The molecule has 1 N–H and O–H groups in total. The van der Waals surface area contributed by atoms with Crippen LogP contribution in [0.1, 0.15) is 35.8 Å². The Morgan fingerprint density at radius 3 is 2.77 bits per heavy atom. The summed E-state index contributed by atoms with van der Waals surface area (Å²) in [6, 6.07) is 7.91. The van der Waals surface area contributed by atoms with Gasteiger partial charge in [0.05, 0.1) is 31.2 Å². The molecule has 1 unspecified atom stereocenters. The number of hydrogen-bond donors (Lipinski definition) is 1. The summed E-state index contributed by atoms with van der Waals surface area (Å²) in [5, 5.41) is 14.5. The van der Waals surface area contributed by atoms with Crippen LogP contribution in [0.5, 0.6) is 5.75 Å². The highest BCUT2D eigenvalue weighted by Gasteiger charge is 2.28. The van der Waals surface area contributed by atoms with Crippen LogP contribution in [0.2, 0.25) is 0 Å². The first-order valence-corrected chi connectivity index (χ1v) is 8.78. The normalized spacial score (nSPS) is 17.7. The zero-order chi connectivity index (χ0) is 18.7. The lowest BCUT2D eigenvalue weighted by molar-refractivity contribution is -0.0532. The van der Waals surface area contributed by atoms with Crippen LogP contribution in [-0.4, -0.2) is 65.2 Å². The van der Waals surface area contributed by atoms with Crippen molar-refractivity contribution in [1.82, 2.24) is 14.7 Å². The Kier molecular flexibility index (Phi) is 5.58. The van der Waals surface area contributed by atoms with Crippen molar-refractivity contribution in [2.24, 2.45) is 0 Å². The molecule has 1 aromatic heterocycles. The van der Waals surface area contributed by atoms with E-state index in [1.165, 1.54) is 16.4 Å². The van der Waals surface area contributed by atoms with Crippen molar-refractivity contribution in [3.05, 3.63) is 41.7 Å². The van der Waals surface area contributed by atoms with Gasteiger partial charge in [0.25, 0.3) is 5.91 Å². The highest BCUT2D eigenvalue weighted by atomic mass is 16.5. The van der Waals surface area contributed by atoms with E-state index in [1.807, 2.05) is 24.3 Å². The van der Waals surface area contributed by atoms with E-state index in [9.17, 15) is 9.90 Å². The highest BCUT2D eigenvalue weighted by molar-refractivity contribution is 5.95. The number of carbonyl (C=O) groups excluding carboxylic acids is 1. The van der Waals surface area contributed by atoms with Gasteiger partial charge in [-0.1, -0.05) is 26.0 Å². The number of aromatic nitrogens is 2. The summed E-state index contributed by atoms with van der Waals surface area (Å²) in [7, 11) is 1.60. The summed E-state index contributed by atoms with van der Waals surface area (Å²) in [6.45, 7) is 6.01. The van der Waals surface area contributed by atoms with Crippen LogP contribution >= 0.6 is 0 Å². The minimum absolute atomic E-state index is 0.0519. The summed E-state index contributed by atoms with van der Waals surface area (Å²) in [5.74, 6) is 0.00996. The quantitative estimate of drug-likeness (QED) is 0.885. The molecule has 3 rings (SSSR count). The Morgan fingerprint density at radius 2 is 2.12 bits per heavy atom. The Balaban J connectivity index is 1.78. The fourth-order valence-corrected chi connectivity index (χ4v) is 3.00. The molecule has 1 aromatic carbocycles. The van der Waals surface area contributed by atoms with Gasteiger partial charge in [0.2, 0.25) is 0 Å². The van der Waals surface area contributed by atoms with Gasteiger partial charge in [0.15, 0.2) is 11.4 Å². The molecular formula is C19H25N3O4. The largest absolute Gasteiger partial charge is 0.504 e. The predicted octanol–water partition coefficient (Wildman–Crippen LogP) is 2.19. The van der Waals surface area contributed by atoms with Crippen LogP contribution < -0.4 is 0 Å². The lowest BCUT2D eigenvalue weighted by Gasteiger charge is -2.32. The third kappa shape index (κ3) is 3.89. The maximum atomic E-state index is 12.8. The number of rotatable bonds is 5. The number of carbonyl (C=O) groups is 1. The van der Waals surface area contributed by atoms with Crippen LogP contribution in [0.25, 0.3) is 5.69 Å². The number of aromatic hydroxyl groups is 1. The zero-order valence-electron chi connectivity index (χ0n) is 15.4. The van der Waals surface area contributed by atoms with Gasteiger partial charge in [-0.25, -0.2) is 4.68 Å². The highest BCUT2D eigenvalue weighted by Crippen LogP contribution is 2.22. The lowest BCUT2D eigenvalue weighted by Crippen LogP contribution is -2.47. The van der Waals surface area contributed by atoms with Crippen LogP contribution in [0.4, 0.5) is 0 Å². The number of ether oxygens (including phenoxy) is 2. The summed E-state index contributed by atoms with van der Waals surface area (Å²) >= 11 is 0. The van der Waals surface area contributed by atoms with Crippen molar-refractivity contribution in [1.29, 1.82) is 0 Å². The van der Waals surface area contributed by atoms with Crippen molar-refractivity contribution in [3.8, 4) is 11.4 Å². The number of amides is 1. The molecule has 7 heteroatoms. The second kappa shape index (κ2) is 7.88. The van der Waals surface area contributed by atoms with Gasteiger partial charge < -0.3 is 19.5 Å². The van der Waals surface area contributed by atoms with Crippen LogP contribution in [0.3, 0.4) is 0 Å². The molecule has 26 heavy (non-hydrogen) atoms. The first kappa shape index (κ1) is 18.4. The van der Waals surface area contributed by atoms with Gasteiger partial charge in [-0.2, -0.15) is 5.10 Å². The van der Waals surface area contributed by atoms with E-state index in [0.29, 0.717) is 32.2 Å². The topological polar surface area (TPSA) is 76.8 Å². The molecule has 0 radical (unpaired) electrons. The molecule has 7 nitrogen and oxygen atoms in total. The molecule has 1 fully saturated rings. The van der Waals surface area contributed by atoms with E-state index in [0.717, 1.165) is 5.69 Å². The molecular weight excluding hydrogens is 334 g/mol. The molecule has 0 bridgehead atoms. The van der Waals surface area contributed by atoms with Crippen molar-refractivity contribution in [2.45, 2.75) is 25.9 Å². The maximum Gasteiger partial charge on any atom is 0.278 e. The van der Waals surface area contributed by atoms with Gasteiger partial charge in [-0.15, -0.1) is 0 Å². The molecule has 1 atom stereocenters. The standard InChI is InChI=1S/C19H25N3O4/c1-13(2)14-4-6-15(7-5-14)22-11-17(23)18(20-22)19(24)21-8-9-26-16(10-21)12-25-3/h4-7,11,13,16,23H,8-10,12H2,1-3H3. The molecule has 2 aromatic rings. The third-order valence-corrected chi connectivity index (χ3v) is 4.50. The smallest absolute Gasteiger partial charge is 0.278 e. The predicted molar refractivity (Wildman–Crippen MR) is 96.8 cm³/mol. The molecule has 0 saturated carbocycles. The Bertz CT molecular complexity index is 753. The van der Waals surface area contributed by atoms with Gasteiger partial charge in [0.1, 0.15) is 0 Å². The Morgan fingerprint density at radius 1 is 1.38 bits per heavy atom. The molecule has 1 aliphatic rings. The van der Waals surface area contributed by atoms with Gasteiger partial charge >= 0.3 is 0 Å². The second-order valence-corrected chi connectivity index (χ2v) is 6.75. The first-order valence-electron chi connectivity index (χ1n) is 8.78. The molecule has 1 aliphatic heterocycles. The van der Waals surface area contributed by atoms with E-state index >= 15 is 0 Å². The van der Waals surface area contributed by atoms with Gasteiger partial charge in [-0.05, 0) is 23.6 Å². The summed E-state index contributed by atoms with van der Waals surface area (Å²) in [4.78, 5) is 14.4. The number of nitrogens with zero attached hydrogens (tertiary/aromatic N) is 3. The van der Waals surface area contributed by atoms with Gasteiger partial charge in [-0.3, -0.25) is 4.79 Å². The average molecular weight is 359 g/mol. The SMILES string of the molecule is COCC1CN(C(=O)c2nn(-c3ccc(C(C)C)cc3)cc2O)CCO1. The second-order valence-electron chi connectivity index (χ2n) is 6.75.